The highest BCUT2D eigenvalue weighted by Gasteiger charge is 1.54. The van der Waals surface area contributed by atoms with E-state index in [1.807, 2.05) is 0 Å². The monoisotopic (exact) mass is 106 g/mol. The summed E-state index contributed by atoms with van der Waals surface area (Å²) in [4.78, 5) is 0. The fourth-order valence-electron chi connectivity index (χ4n) is 0. The molecule has 0 aromatic rings. The molecule has 0 aliphatic rings. The summed E-state index contributed by atoms with van der Waals surface area (Å²) >= 11 is 0. The maximum atomic E-state index is 7.57. The second-order valence-electron chi connectivity index (χ2n) is 0.894. The number of hydrogen-bond acceptors (Lipinski definition) is 3. The molecule has 0 saturated heterocycles. The predicted molar refractivity (Wildman–Crippen MR) is 30.9 cm³/mol. The number of aliphatic hydroxyl groups is 1. The number of nitrogens with two attached hydrogens (primary N) is 2. The zero-order valence-corrected chi connectivity index (χ0v) is 4.72. The molecule has 0 radical (unpaired) electrons. The molecule has 0 aromatic heterocycles. The minimum Gasteiger partial charge on any atom is -0.397 e. The Morgan fingerprint density at radius 1 is 1.29 bits per heavy atom. The van der Waals surface area contributed by atoms with Crippen LogP contribution in [0.1, 0.15) is 6.92 Å². The molecule has 7 heavy (non-hydrogen) atoms. The third-order valence-corrected chi connectivity index (χ3v) is 0.167. The molecule has 0 heterocycles. The van der Waals surface area contributed by atoms with Crippen molar-refractivity contribution in [3.63, 3.8) is 0 Å². The lowest BCUT2D eigenvalue weighted by Crippen LogP contribution is -2.11. The molecule has 0 unspecified atom stereocenters. The zero-order valence-electron chi connectivity index (χ0n) is 4.72. The van der Waals surface area contributed by atoms with Crippen LogP contribution in [0.15, 0.2) is 0 Å². The van der Waals surface area contributed by atoms with Gasteiger partial charge in [0, 0.05) is 19.7 Å². The second-order valence-corrected chi connectivity index (χ2v) is 0.894. The molecule has 5 N–H and O–H groups in total. The van der Waals surface area contributed by atoms with Gasteiger partial charge >= 0.3 is 0 Å². The first kappa shape index (κ1) is 9.99. The van der Waals surface area contributed by atoms with Gasteiger partial charge in [-0.2, -0.15) is 0 Å². The molecule has 0 saturated carbocycles. The van der Waals surface area contributed by atoms with Gasteiger partial charge in [0.1, 0.15) is 0 Å². The average molecular weight is 106 g/mol. The molecule has 0 spiro atoms. The Balaban J connectivity index is 0. The molecule has 0 amide bonds. The molecular formula is C4H14N2O. The smallest absolute Gasteiger partial charge is 0.0402 e. The fourth-order valence-corrected chi connectivity index (χ4v) is 0. The van der Waals surface area contributed by atoms with E-state index < -0.39 is 0 Å². The standard InChI is InChI=1S/C2H8N2.C2H6O/c3-1-2-4;1-2-3/h1-4H2;3H,2H2,1H3. The van der Waals surface area contributed by atoms with E-state index in [1.165, 1.54) is 0 Å². The Labute approximate surface area is 44.3 Å². The van der Waals surface area contributed by atoms with Crippen LogP contribution in [0, 0.1) is 0 Å². The molecule has 0 aliphatic carbocycles. The van der Waals surface area contributed by atoms with Gasteiger partial charge in [0.15, 0.2) is 0 Å². The van der Waals surface area contributed by atoms with Crippen molar-refractivity contribution < 1.29 is 5.11 Å². The van der Waals surface area contributed by atoms with E-state index in [9.17, 15) is 0 Å². The van der Waals surface area contributed by atoms with Gasteiger partial charge in [-0.1, -0.05) is 0 Å². The number of rotatable bonds is 1. The molecule has 0 fully saturated rings. The topological polar surface area (TPSA) is 72.3 Å². The van der Waals surface area contributed by atoms with Crippen LogP contribution >= 0.6 is 0 Å². The lowest BCUT2D eigenvalue weighted by Gasteiger charge is -1.72. The van der Waals surface area contributed by atoms with Gasteiger partial charge in [-0.15, -0.1) is 0 Å². The third-order valence-electron chi connectivity index (χ3n) is 0.167. The summed E-state index contributed by atoms with van der Waals surface area (Å²) in [5.41, 5.74) is 9.81. The summed E-state index contributed by atoms with van der Waals surface area (Å²) in [5.74, 6) is 0. The van der Waals surface area contributed by atoms with Gasteiger partial charge in [-0.3, -0.25) is 0 Å². The van der Waals surface area contributed by atoms with Crippen LogP contribution < -0.4 is 11.5 Å². The van der Waals surface area contributed by atoms with Gasteiger partial charge in [-0.05, 0) is 6.92 Å². The Bertz CT molecular complexity index is 17.2. The van der Waals surface area contributed by atoms with E-state index in [2.05, 4.69) is 0 Å². The van der Waals surface area contributed by atoms with Crippen molar-refractivity contribution in [2.75, 3.05) is 19.7 Å². The summed E-state index contributed by atoms with van der Waals surface area (Å²) < 4.78 is 0. The normalized spacial score (nSPS) is 6.86. The number of aliphatic hydroxyl groups excluding tert-OH is 1. The maximum absolute atomic E-state index is 7.57. The minimum atomic E-state index is 0.250. The van der Waals surface area contributed by atoms with E-state index in [4.69, 9.17) is 16.6 Å². The van der Waals surface area contributed by atoms with Crippen LogP contribution in [0.3, 0.4) is 0 Å². The van der Waals surface area contributed by atoms with Crippen molar-refractivity contribution >= 4 is 0 Å². The highest BCUT2D eigenvalue weighted by atomic mass is 16.2. The third kappa shape index (κ3) is 114. The van der Waals surface area contributed by atoms with E-state index in [0.717, 1.165) is 0 Å². The molecule has 3 nitrogen and oxygen atoms in total. The molecule has 0 rings (SSSR count). The van der Waals surface area contributed by atoms with Gasteiger partial charge < -0.3 is 16.6 Å². The van der Waals surface area contributed by atoms with E-state index in [1.54, 1.807) is 6.92 Å². The molecule has 0 aromatic carbocycles. The first-order valence-corrected chi connectivity index (χ1v) is 2.34. The van der Waals surface area contributed by atoms with Crippen LogP contribution in [0.4, 0.5) is 0 Å². The van der Waals surface area contributed by atoms with Crippen molar-refractivity contribution in [1.82, 2.24) is 0 Å². The average Bonchev–Trinajstić information content (AvgIpc) is 1.69. The number of hydrogen-bond donors (Lipinski definition) is 3. The SMILES string of the molecule is CCO.NCCN. The van der Waals surface area contributed by atoms with Crippen molar-refractivity contribution in [2.45, 2.75) is 6.92 Å². The Kier molecular flexibility index (Phi) is 24.1. The Morgan fingerprint density at radius 3 is 1.43 bits per heavy atom. The summed E-state index contributed by atoms with van der Waals surface area (Å²) in [6.45, 7) is 3.12. The first-order chi connectivity index (χ1) is 3.33. The van der Waals surface area contributed by atoms with Gasteiger partial charge in [-0.25, -0.2) is 0 Å². The summed E-state index contributed by atoms with van der Waals surface area (Å²) in [5, 5.41) is 7.57. The van der Waals surface area contributed by atoms with Crippen molar-refractivity contribution in [2.24, 2.45) is 11.5 Å². The molecule has 0 atom stereocenters. The molecule has 0 aliphatic heterocycles. The molecular weight excluding hydrogens is 92.1 g/mol. The van der Waals surface area contributed by atoms with Crippen LogP contribution in [-0.4, -0.2) is 24.8 Å². The maximum Gasteiger partial charge on any atom is 0.0402 e. The van der Waals surface area contributed by atoms with Crippen LogP contribution in [0.25, 0.3) is 0 Å². The first-order valence-electron chi connectivity index (χ1n) is 2.34. The summed E-state index contributed by atoms with van der Waals surface area (Å²) in [6.07, 6.45) is 0. The van der Waals surface area contributed by atoms with Crippen molar-refractivity contribution in [3.05, 3.63) is 0 Å². The van der Waals surface area contributed by atoms with E-state index in [-0.39, 0.29) is 6.61 Å². The largest absolute Gasteiger partial charge is 0.397 e. The minimum absolute atomic E-state index is 0.250. The molecule has 46 valence electrons. The predicted octanol–water partition coefficient (Wildman–Crippen LogP) is -1.10. The summed E-state index contributed by atoms with van der Waals surface area (Å²) in [6, 6.07) is 0. The van der Waals surface area contributed by atoms with Crippen LogP contribution in [0.2, 0.25) is 0 Å². The summed E-state index contributed by atoms with van der Waals surface area (Å²) in [7, 11) is 0. The van der Waals surface area contributed by atoms with Crippen LogP contribution in [0.5, 0.6) is 0 Å². The lowest BCUT2D eigenvalue weighted by molar-refractivity contribution is 0.318. The Morgan fingerprint density at radius 2 is 1.43 bits per heavy atom. The Hall–Kier alpha value is -0.120. The van der Waals surface area contributed by atoms with E-state index in [0.29, 0.717) is 13.1 Å². The fraction of sp³-hybridized carbons (Fsp3) is 1.00. The second kappa shape index (κ2) is 16.9. The van der Waals surface area contributed by atoms with Crippen molar-refractivity contribution in [1.29, 1.82) is 0 Å². The highest BCUT2D eigenvalue weighted by molar-refractivity contribution is 4.26. The van der Waals surface area contributed by atoms with Gasteiger partial charge in [0.2, 0.25) is 0 Å². The molecule has 3 heteroatoms. The van der Waals surface area contributed by atoms with E-state index >= 15 is 0 Å². The zero-order chi connectivity index (χ0) is 6.12. The van der Waals surface area contributed by atoms with Gasteiger partial charge in [0.05, 0.1) is 0 Å². The van der Waals surface area contributed by atoms with Crippen LogP contribution in [-0.2, 0) is 0 Å². The lowest BCUT2D eigenvalue weighted by atomic mass is 10.7. The quantitative estimate of drug-likeness (QED) is 0.397. The van der Waals surface area contributed by atoms with Gasteiger partial charge in [0.25, 0.3) is 0 Å². The highest BCUT2D eigenvalue weighted by Crippen LogP contribution is 1.30. The molecule has 0 bridgehead atoms. The van der Waals surface area contributed by atoms with Crippen molar-refractivity contribution in [3.8, 4) is 0 Å².